The normalized spacial score (nSPS) is 19.4. The summed E-state index contributed by atoms with van der Waals surface area (Å²) in [5, 5.41) is 10.4. The molecule has 5 nitrogen and oxygen atoms in total. The lowest BCUT2D eigenvalue weighted by Crippen LogP contribution is -2.29. The first kappa shape index (κ1) is 26.5. The van der Waals surface area contributed by atoms with Gasteiger partial charge >= 0.3 is 0 Å². The van der Waals surface area contributed by atoms with Gasteiger partial charge in [-0.25, -0.2) is 9.37 Å². The highest BCUT2D eigenvalue weighted by Gasteiger charge is 2.27. The second-order valence-corrected chi connectivity index (χ2v) is 11.7. The van der Waals surface area contributed by atoms with Gasteiger partial charge in [0.15, 0.2) is 11.6 Å². The summed E-state index contributed by atoms with van der Waals surface area (Å²) in [6, 6.07) is 17.4. The number of para-hydroxylation sites is 1. The van der Waals surface area contributed by atoms with Crippen LogP contribution in [-0.2, 0) is 6.54 Å². The quantitative estimate of drug-likeness (QED) is 0.246. The Kier molecular flexibility index (Phi) is 7.59. The highest BCUT2D eigenvalue weighted by molar-refractivity contribution is 5.85. The molecule has 0 radical (unpaired) electrons. The number of methoxy groups -OCH3 is 1. The lowest BCUT2D eigenvalue weighted by atomic mass is 9.75. The Morgan fingerprint density at radius 1 is 0.925 bits per heavy atom. The number of rotatable bonds is 8. The van der Waals surface area contributed by atoms with E-state index in [1.807, 2.05) is 47.0 Å². The lowest BCUT2D eigenvalue weighted by molar-refractivity contribution is 0.202. The van der Waals surface area contributed by atoms with Crippen LogP contribution in [0.5, 0.6) is 11.5 Å². The van der Waals surface area contributed by atoms with E-state index in [9.17, 15) is 14.3 Å². The van der Waals surface area contributed by atoms with E-state index < -0.39 is 11.6 Å². The molecule has 2 aliphatic carbocycles. The summed E-state index contributed by atoms with van der Waals surface area (Å²) in [6.45, 7) is 0.622. The Hall–Kier alpha value is -3.67. The number of phenols is 1. The highest BCUT2D eigenvalue weighted by Crippen LogP contribution is 2.38. The molecule has 2 fully saturated rings. The largest absolute Gasteiger partial charge is 0.505 e. The minimum Gasteiger partial charge on any atom is -0.505 e. The van der Waals surface area contributed by atoms with E-state index in [1.165, 1.54) is 57.1 Å². The third-order valence-corrected chi connectivity index (χ3v) is 9.12. The van der Waals surface area contributed by atoms with Gasteiger partial charge in [0.25, 0.3) is 5.56 Å². The number of hydrogen-bond donors (Lipinski definition) is 1. The average Bonchev–Trinajstić information content (AvgIpc) is 2.95. The van der Waals surface area contributed by atoms with Crippen molar-refractivity contribution in [1.82, 2.24) is 9.55 Å². The molecule has 3 aromatic carbocycles. The lowest BCUT2D eigenvalue weighted by Gasteiger charge is -2.32. The van der Waals surface area contributed by atoms with Crippen molar-refractivity contribution < 1.29 is 14.2 Å². The van der Waals surface area contributed by atoms with Crippen LogP contribution >= 0.6 is 0 Å². The molecular formula is C34H37FN2O3. The topological polar surface area (TPSA) is 64.3 Å². The molecule has 40 heavy (non-hydrogen) atoms. The summed E-state index contributed by atoms with van der Waals surface area (Å²) in [4.78, 5) is 19.2. The second-order valence-electron chi connectivity index (χ2n) is 11.7. The van der Waals surface area contributed by atoms with Crippen LogP contribution in [0, 0.1) is 23.6 Å². The summed E-state index contributed by atoms with van der Waals surface area (Å²) in [7, 11) is 1.64. The van der Waals surface area contributed by atoms with Gasteiger partial charge in [-0.05, 0) is 78.1 Å². The summed E-state index contributed by atoms with van der Waals surface area (Å²) in [5.41, 5.74) is 2.68. The molecule has 2 atom stereocenters. The SMILES string of the molecule is COc1ccccc1-c1nc2ccc(-c3ccc(F)c(O)c3)cc2c(=O)n1CC1CCCC(CCC2CCC2)C1. The fourth-order valence-electron chi connectivity index (χ4n) is 6.64. The van der Waals surface area contributed by atoms with Gasteiger partial charge in [0.05, 0.1) is 23.6 Å². The fraction of sp³-hybridized carbons (Fsp3) is 0.412. The van der Waals surface area contributed by atoms with Crippen LogP contribution in [0.2, 0.25) is 0 Å². The van der Waals surface area contributed by atoms with E-state index >= 15 is 0 Å². The fourth-order valence-corrected chi connectivity index (χ4v) is 6.64. The standard InChI is InChI=1S/C34H37FN2O3/c1-40-32-11-3-2-10-27(32)33-36-30-17-15-25(26-14-16-29(35)31(38)20-26)19-28(30)34(39)37(33)21-24-9-5-8-23(18-24)13-12-22-6-4-7-22/h2-3,10-11,14-17,19-20,22-24,38H,4-9,12-13,18,21H2,1H3. The van der Waals surface area contributed by atoms with Crippen LogP contribution in [0.15, 0.2) is 65.5 Å². The number of phenolic OH excluding ortho intramolecular Hbond substituents is 1. The Labute approximate surface area is 234 Å². The number of fused-ring (bicyclic) bond motifs is 1. The van der Waals surface area contributed by atoms with Gasteiger partial charge in [0.1, 0.15) is 11.6 Å². The number of nitrogens with zero attached hydrogens (tertiary/aromatic N) is 2. The molecule has 208 valence electrons. The van der Waals surface area contributed by atoms with Crippen molar-refractivity contribution >= 4 is 10.9 Å². The number of aromatic hydroxyl groups is 1. The van der Waals surface area contributed by atoms with Gasteiger partial charge in [-0.2, -0.15) is 0 Å². The summed E-state index contributed by atoms with van der Waals surface area (Å²) in [5.74, 6) is 2.31. The predicted octanol–water partition coefficient (Wildman–Crippen LogP) is 7.97. The Morgan fingerprint density at radius 2 is 1.62 bits per heavy atom. The highest BCUT2D eigenvalue weighted by atomic mass is 19.1. The molecule has 6 heteroatoms. The zero-order valence-corrected chi connectivity index (χ0v) is 23.1. The first-order valence-electron chi connectivity index (χ1n) is 14.7. The van der Waals surface area contributed by atoms with Crippen molar-refractivity contribution in [3.8, 4) is 34.0 Å². The number of ether oxygens (including phenoxy) is 1. The van der Waals surface area contributed by atoms with E-state index in [1.54, 1.807) is 13.2 Å². The van der Waals surface area contributed by atoms with Crippen LogP contribution in [0.1, 0.15) is 57.8 Å². The first-order valence-corrected chi connectivity index (χ1v) is 14.7. The summed E-state index contributed by atoms with van der Waals surface area (Å²) in [6.07, 6.45) is 11.6. The van der Waals surface area contributed by atoms with Gasteiger partial charge in [-0.15, -0.1) is 0 Å². The van der Waals surface area contributed by atoms with Gasteiger partial charge in [0, 0.05) is 6.54 Å². The zero-order valence-electron chi connectivity index (χ0n) is 23.1. The minimum absolute atomic E-state index is 0.0873. The van der Waals surface area contributed by atoms with E-state index in [0.717, 1.165) is 35.8 Å². The first-order chi connectivity index (χ1) is 19.5. The number of aromatic nitrogens is 2. The molecule has 2 aliphatic rings. The molecular weight excluding hydrogens is 503 g/mol. The second kappa shape index (κ2) is 11.4. The van der Waals surface area contributed by atoms with Crippen LogP contribution in [0.3, 0.4) is 0 Å². The van der Waals surface area contributed by atoms with Gasteiger partial charge < -0.3 is 9.84 Å². The van der Waals surface area contributed by atoms with E-state index in [0.29, 0.717) is 40.5 Å². The van der Waals surface area contributed by atoms with Gasteiger partial charge in [0.2, 0.25) is 0 Å². The van der Waals surface area contributed by atoms with Crippen LogP contribution < -0.4 is 10.3 Å². The van der Waals surface area contributed by atoms with Crippen LogP contribution in [0.25, 0.3) is 33.4 Å². The number of benzene rings is 3. The molecule has 0 amide bonds. The van der Waals surface area contributed by atoms with Crippen LogP contribution in [0.4, 0.5) is 4.39 Å². The predicted molar refractivity (Wildman–Crippen MR) is 157 cm³/mol. The Balaban J connectivity index is 1.39. The molecule has 0 saturated heterocycles. The van der Waals surface area contributed by atoms with Crippen molar-refractivity contribution in [3.63, 3.8) is 0 Å². The number of hydrogen-bond acceptors (Lipinski definition) is 4. The van der Waals surface area contributed by atoms with Crippen molar-refractivity contribution in [3.05, 3.63) is 76.8 Å². The van der Waals surface area contributed by atoms with Crippen molar-refractivity contribution in [2.45, 2.75) is 64.3 Å². The van der Waals surface area contributed by atoms with Gasteiger partial charge in [-0.1, -0.05) is 69.2 Å². The maximum atomic E-state index is 14.2. The van der Waals surface area contributed by atoms with Gasteiger partial charge in [-0.3, -0.25) is 9.36 Å². The maximum Gasteiger partial charge on any atom is 0.261 e. The van der Waals surface area contributed by atoms with Crippen LogP contribution in [-0.4, -0.2) is 21.8 Å². The molecule has 1 heterocycles. The van der Waals surface area contributed by atoms with Crippen molar-refractivity contribution in [2.75, 3.05) is 7.11 Å². The number of halogens is 1. The Morgan fingerprint density at radius 3 is 2.40 bits per heavy atom. The molecule has 0 aliphatic heterocycles. The van der Waals surface area contributed by atoms with Crippen molar-refractivity contribution in [2.24, 2.45) is 17.8 Å². The maximum absolute atomic E-state index is 14.2. The Bertz CT molecular complexity index is 1580. The van der Waals surface area contributed by atoms with E-state index in [2.05, 4.69) is 0 Å². The molecule has 0 bridgehead atoms. The molecule has 4 aromatic rings. The monoisotopic (exact) mass is 540 g/mol. The summed E-state index contributed by atoms with van der Waals surface area (Å²) < 4.78 is 21.2. The smallest absolute Gasteiger partial charge is 0.261 e. The zero-order chi connectivity index (χ0) is 27.6. The molecule has 0 spiro atoms. The third kappa shape index (κ3) is 5.36. The molecule has 1 aromatic heterocycles. The summed E-state index contributed by atoms with van der Waals surface area (Å²) >= 11 is 0. The molecule has 2 unspecified atom stereocenters. The van der Waals surface area contributed by atoms with E-state index in [-0.39, 0.29) is 5.56 Å². The van der Waals surface area contributed by atoms with E-state index in [4.69, 9.17) is 9.72 Å². The molecule has 2 saturated carbocycles. The van der Waals surface area contributed by atoms with Crippen molar-refractivity contribution in [1.29, 1.82) is 0 Å². The third-order valence-electron chi connectivity index (χ3n) is 9.12. The average molecular weight is 541 g/mol. The minimum atomic E-state index is -0.673. The molecule has 1 N–H and O–H groups in total. The molecule has 6 rings (SSSR count).